The Morgan fingerprint density at radius 2 is 1.18 bits per heavy atom. The minimum atomic E-state index is 0. The second-order valence-corrected chi connectivity index (χ2v) is 3.85. The quantitative estimate of drug-likeness (QED) is 0.443. The average molecular weight is 322 g/mol. The van der Waals surface area contributed by atoms with Gasteiger partial charge < -0.3 is 20.9 Å². The van der Waals surface area contributed by atoms with Crippen molar-refractivity contribution >= 4 is 34.8 Å². The summed E-state index contributed by atoms with van der Waals surface area (Å²) in [5.41, 5.74) is 10.1. The van der Waals surface area contributed by atoms with Crippen LogP contribution in [0.4, 0.5) is 0 Å². The molecule has 0 rings (SSSR count). The van der Waals surface area contributed by atoms with Crippen LogP contribution in [0.25, 0.3) is 0 Å². The molecule has 4 N–H and O–H groups in total. The zero-order valence-corrected chi connectivity index (χ0v) is 13.1. The molecular weight excluding hydrogens is 300 g/mol. The number of unbranched alkanes of at least 4 members (excludes halogenated alkanes) is 2. The zero-order valence-electron chi connectivity index (χ0n) is 10.4. The van der Waals surface area contributed by atoms with Crippen LogP contribution in [0.1, 0.15) is 39.5 Å². The Balaban J connectivity index is -0.000000218. The van der Waals surface area contributed by atoms with Gasteiger partial charge in [-0.15, -0.1) is 0 Å². The van der Waals surface area contributed by atoms with E-state index in [-0.39, 0.29) is 27.4 Å². The molecule has 7 heteroatoms. The van der Waals surface area contributed by atoms with E-state index in [2.05, 4.69) is 38.3 Å². The fraction of sp³-hybridized carbons (Fsp3) is 0.800. The van der Waals surface area contributed by atoms with Gasteiger partial charge in [-0.25, -0.2) is 0 Å². The van der Waals surface area contributed by atoms with E-state index >= 15 is 0 Å². The number of nitrogens with two attached hydrogens (primary N) is 2. The van der Waals surface area contributed by atoms with Crippen molar-refractivity contribution in [2.24, 2.45) is 11.5 Å². The summed E-state index contributed by atoms with van der Waals surface area (Å²) in [4.78, 5) is 0. The predicted octanol–water partition coefficient (Wildman–Crippen LogP) is 2.09. The van der Waals surface area contributed by atoms with E-state index in [1.54, 1.807) is 0 Å². The van der Waals surface area contributed by atoms with Crippen LogP contribution < -0.4 is 11.5 Å². The molecule has 104 valence electrons. The summed E-state index contributed by atoms with van der Waals surface area (Å²) in [5.74, 6) is 0. The van der Waals surface area contributed by atoms with Crippen LogP contribution in [-0.2, 0) is 26.5 Å². The monoisotopic (exact) mass is 322 g/mol. The third kappa shape index (κ3) is 31.3. The van der Waals surface area contributed by atoms with Crippen LogP contribution in [0.2, 0.25) is 0 Å². The van der Waals surface area contributed by atoms with Gasteiger partial charge in [-0.1, -0.05) is 26.7 Å². The zero-order chi connectivity index (χ0) is 12.8. The number of hydrogen-bond acceptors (Lipinski definition) is 4. The van der Waals surface area contributed by atoms with Gasteiger partial charge in [0, 0.05) is 17.1 Å². The molecule has 0 saturated heterocycles. The maximum atomic E-state index is 5.04. The summed E-state index contributed by atoms with van der Waals surface area (Å²) < 4.78 is 9.58. The number of ether oxygens (including phenoxy) is 2. The molecule has 0 saturated carbocycles. The fourth-order valence-corrected chi connectivity index (χ4v) is 0.801. The van der Waals surface area contributed by atoms with Gasteiger partial charge in [0.25, 0.3) is 10.3 Å². The Bertz CT molecular complexity index is 175. The molecule has 0 aliphatic heterocycles. The number of rotatable bonds is 6. The molecule has 0 spiro atoms. The van der Waals surface area contributed by atoms with E-state index in [0.29, 0.717) is 13.2 Å². The van der Waals surface area contributed by atoms with Crippen molar-refractivity contribution in [3.63, 3.8) is 0 Å². The molecule has 0 amide bonds. The normalized spacial score (nSPS) is 8.12. The van der Waals surface area contributed by atoms with Gasteiger partial charge in [0.1, 0.15) is 0 Å². The van der Waals surface area contributed by atoms with Crippen LogP contribution in [0, 0.1) is 0 Å². The predicted molar refractivity (Wildman–Crippen MR) is 75.3 cm³/mol. The maximum Gasteiger partial charge on any atom is 0.253 e. The molecule has 0 aliphatic rings. The van der Waals surface area contributed by atoms with Crippen molar-refractivity contribution in [3.8, 4) is 0 Å². The summed E-state index contributed by atoms with van der Waals surface area (Å²) >= 11 is 8.93. The van der Waals surface area contributed by atoms with E-state index in [4.69, 9.17) is 20.9 Å². The van der Waals surface area contributed by atoms with E-state index in [9.17, 15) is 0 Å². The molecule has 0 atom stereocenters. The van der Waals surface area contributed by atoms with Gasteiger partial charge in [-0.3, -0.25) is 0 Å². The van der Waals surface area contributed by atoms with Crippen molar-refractivity contribution in [1.29, 1.82) is 0 Å². The van der Waals surface area contributed by atoms with Gasteiger partial charge >= 0.3 is 0 Å². The Hall–Kier alpha value is -0.101. The van der Waals surface area contributed by atoms with E-state index in [1.165, 1.54) is 0 Å². The number of hydrogen-bond donors (Lipinski definition) is 2. The van der Waals surface area contributed by atoms with Crippen LogP contribution in [0.5, 0.6) is 0 Å². The van der Waals surface area contributed by atoms with Crippen LogP contribution in [0.15, 0.2) is 0 Å². The first-order valence-corrected chi connectivity index (χ1v) is 6.20. The van der Waals surface area contributed by atoms with Crippen molar-refractivity contribution in [3.05, 3.63) is 0 Å². The van der Waals surface area contributed by atoms with E-state index < -0.39 is 0 Å². The minimum absolute atomic E-state index is 0. The molecule has 0 aromatic carbocycles. The van der Waals surface area contributed by atoms with Crippen LogP contribution in [0.3, 0.4) is 0 Å². The molecular formula is C10H22FeN2O2S2. The topological polar surface area (TPSA) is 70.5 Å². The molecule has 0 fully saturated rings. The minimum Gasteiger partial charge on any atom is -0.471 e. The Kier molecular flexibility index (Phi) is 23.8. The van der Waals surface area contributed by atoms with Crippen molar-refractivity contribution in [2.75, 3.05) is 13.2 Å². The summed E-state index contributed by atoms with van der Waals surface area (Å²) in [5, 5.41) is 0.303. The standard InChI is InChI=1S/2C5H11NOS.Fe/c2*1-2-3-4-7-5(6)8;/h2*2-4H2,1H3,(H2,6,8);. The van der Waals surface area contributed by atoms with Gasteiger partial charge in [-0.05, 0) is 37.3 Å². The number of thiocarbonyl (C=S) groups is 2. The third-order valence-electron chi connectivity index (χ3n) is 1.48. The molecule has 0 unspecified atom stereocenters. The Morgan fingerprint density at radius 3 is 1.35 bits per heavy atom. The molecule has 0 bridgehead atoms. The molecule has 0 aromatic heterocycles. The second-order valence-electron chi connectivity index (χ2n) is 3.04. The summed E-state index contributed by atoms with van der Waals surface area (Å²) in [6, 6.07) is 0. The smallest absolute Gasteiger partial charge is 0.253 e. The van der Waals surface area contributed by atoms with E-state index in [1.807, 2.05) is 0 Å². The molecule has 0 radical (unpaired) electrons. The molecule has 0 heterocycles. The summed E-state index contributed by atoms with van der Waals surface area (Å²) in [6.07, 6.45) is 4.28. The van der Waals surface area contributed by atoms with Crippen molar-refractivity contribution in [1.82, 2.24) is 0 Å². The first kappa shape index (κ1) is 22.1. The van der Waals surface area contributed by atoms with Gasteiger partial charge in [0.15, 0.2) is 0 Å². The maximum absolute atomic E-state index is 5.04. The summed E-state index contributed by atoms with van der Waals surface area (Å²) in [6.45, 7) is 5.49. The van der Waals surface area contributed by atoms with Crippen molar-refractivity contribution in [2.45, 2.75) is 39.5 Å². The summed E-state index contributed by atoms with van der Waals surface area (Å²) in [7, 11) is 0. The van der Waals surface area contributed by atoms with Crippen LogP contribution >= 0.6 is 24.4 Å². The van der Waals surface area contributed by atoms with Gasteiger partial charge in [-0.2, -0.15) is 0 Å². The molecule has 17 heavy (non-hydrogen) atoms. The third-order valence-corrected chi connectivity index (χ3v) is 1.72. The van der Waals surface area contributed by atoms with Gasteiger partial charge in [0.2, 0.25) is 0 Å². The SMILES string of the molecule is CCCCOC(N)=S.CCCCOC(N)=S.[Fe]. The molecule has 0 aromatic rings. The molecule has 4 nitrogen and oxygen atoms in total. The van der Waals surface area contributed by atoms with E-state index in [0.717, 1.165) is 25.7 Å². The van der Waals surface area contributed by atoms with Gasteiger partial charge in [0.05, 0.1) is 13.2 Å². The van der Waals surface area contributed by atoms with Crippen molar-refractivity contribution < 1.29 is 26.5 Å². The average Bonchev–Trinajstić information content (AvgIpc) is 2.18. The fourth-order valence-electron chi connectivity index (χ4n) is 0.634. The first-order valence-electron chi connectivity index (χ1n) is 5.39. The largest absolute Gasteiger partial charge is 0.471 e. The molecule has 0 aliphatic carbocycles. The second kappa shape index (κ2) is 18.3. The first-order chi connectivity index (χ1) is 7.54. The Labute approximate surface area is 125 Å². The van der Waals surface area contributed by atoms with Crippen LogP contribution in [-0.4, -0.2) is 23.6 Å². The Morgan fingerprint density at radius 1 is 0.882 bits per heavy atom.